The molecule has 5 nitrogen and oxygen atoms in total. The number of hydrogen-bond acceptors (Lipinski definition) is 3. The largest absolute Gasteiger partial charge is 0.416 e. The Balaban J connectivity index is 2.39. The summed E-state index contributed by atoms with van der Waals surface area (Å²) in [5.74, 6) is -0.649. The summed E-state index contributed by atoms with van der Waals surface area (Å²) >= 11 is 5.90. The predicted octanol–water partition coefficient (Wildman–Crippen LogP) is 4.12. The molecule has 0 spiro atoms. The van der Waals surface area contributed by atoms with Crippen molar-refractivity contribution < 1.29 is 18.0 Å². The number of aromatic nitrogens is 2. The number of aryl methyl sites for hydroxylation is 2. The fraction of sp³-hybridized carbons (Fsp3) is 0.353. The van der Waals surface area contributed by atoms with E-state index in [0.29, 0.717) is 11.4 Å². The lowest BCUT2D eigenvalue weighted by molar-refractivity contribution is -0.137. The number of nitrogens with zero attached hydrogens (tertiary/aromatic N) is 2. The molecule has 2 rings (SSSR count). The Hall–Kier alpha value is -2.35. The standard InChI is InChI=1S/C17H17ClF3N3O2/c1-4-14(24-10(3)7-9(2)22-16(24)26)15(25)23-13-8-11(17(19,20)21)5-6-12(13)18/h5-8,14H,4H2,1-3H3,(H,23,25)/t14-/m0/s1. The van der Waals surface area contributed by atoms with Crippen LogP contribution in [-0.4, -0.2) is 15.5 Å². The first-order valence-electron chi connectivity index (χ1n) is 7.79. The smallest absolute Gasteiger partial charge is 0.323 e. The molecule has 140 valence electrons. The van der Waals surface area contributed by atoms with Gasteiger partial charge in [0.1, 0.15) is 6.04 Å². The van der Waals surface area contributed by atoms with Crippen LogP contribution < -0.4 is 11.0 Å². The fourth-order valence-corrected chi connectivity index (χ4v) is 2.80. The Labute approximate surface area is 152 Å². The Morgan fingerprint density at radius 1 is 1.31 bits per heavy atom. The highest BCUT2D eigenvalue weighted by Crippen LogP contribution is 2.34. The predicted molar refractivity (Wildman–Crippen MR) is 92.4 cm³/mol. The van der Waals surface area contributed by atoms with Crippen LogP contribution in [0.4, 0.5) is 18.9 Å². The van der Waals surface area contributed by atoms with Crippen molar-refractivity contribution >= 4 is 23.2 Å². The molecule has 0 aliphatic rings. The normalized spacial score (nSPS) is 12.7. The van der Waals surface area contributed by atoms with Crippen LogP contribution in [0.5, 0.6) is 0 Å². The molecule has 26 heavy (non-hydrogen) atoms. The molecule has 1 amide bonds. The van der Waals surface area contributed by atoms with Crippen LogP contribution in [0.15, 0.2) is 29.1 Å². The van der Waals surface area contributed by atoms with Gasteiger partial charge in [-0.3, -0.25) is 9.36 Å². The molecule has 0 aliphatic heterocycles. The van der Waals surface area contributed by atoms with E-state index in [-0.39, 0.29) is 17.1 Å². The highest BCUT2D eigenvalue weighted by Gasteiger charge is 2.31. The molecule has 0 unspecified atom stereocenters. The summed E-state index contributed by atoms with van der Waals surface area (Å²) in [5.41, 5.74) is -0.662. The van der Waals surface area contributed by atoms with Crippen LogP contribution in [0.2, 0.25) is 5.02 Å². The van der Waals surface area contributed by atoms with Gasteiger partial charge in [-0.15, -0.1) is 0 Å². The minimum atomic E-state index is -4.57. The van der Waals surface area contributed by atoms with Crippen molar-refractivity contribution in [1.29, 1.82) is 0 Å². The molecule has 1 aromatic carbocycles. The van der Waals surface area contributed by atoms with Crippen molar-refractivity contribution in [3.8, 4) is 0 Å². The maximum atomic E-state index is 12.9. The van der Waals surface area contributed by atoms with Crippen molar-refractivity contribution in [3.63, 3.8) is 0 Å². The number of benzene rings is 1. The van der Waals surface area contributed by atoms with Gasteiger partial charge in [-0.2, -0.15) is 18.2 Å². The highest BCUT2D eigenvalue weighted by molar-refractivity contribution is 6.33. The maximum absolute atomic E-state index is 12.9. The van der Waals surface area contributed by atoms with Gasteiger partial charge in [-0.25, -0.2) is 4.79 Å². The molecule has 0 aliphatic carbocycles. The summed E-state index contributed by atoms with van der Waals surface area (Å²) in [4.78, 5) is 28.6. The fourth-order valence-electron chi connectivity index (χ4n) is 2.64. The Bertz CT molecular complexity index is 894. The molecule has 0 radical (unpaired) electrons. The first kappa shape index (κ1) is 20.0. The van der Waals surface area contributed by atoms with E-state index in [9.17, 15) is 22.8 Å². The van der Waals surface area contributed by atoms with Crippen LogP contribution in [-0.2, 0) is 11.0 Å². The lowest BCUT2D eigenvalue weighted by atomic mass is 10.1. The van der Waals surface area contributed by atoms with Crippen molar-refractivity contribution in [1.82, 2.24) is 9.55 Å². The number of rotatable bonds is 4. The SMILES string of the molecule is CC[C@@H](C(=O)Nc1cc(C(F)(F)F)ccc1Cl)n1c(C)cc(C)nc1=O. The number of anilines is 1. The average molecular weight is 388 g/mol. The van der Waals surface area contributed by atoms with Crippen LogP contribution in [0, 0.1) is 13.8 Å². The molecule has 1 heterocycles. The zero-order valence-electron chi connectivity index (χ0n) is 14.3. The third-order valence-electron chi connectivity index (χ3n) is 3.83. The average Bonchev–Trinajstić information content (AvgIpc) is 2.51. The zero-order chi connectivity index (χ0) is 19.6. The Morgan fingerprint density at radius 2 is 1.96 bits per heavy atom. The summed E-state index contributed by atoms with van der Waals surface area (Å²) in [7, 11) is 0. The summed E-state index contributed by atoms with van der Waals surface area (Å²) in [6.45, 7) is 5.00. The first-order chi connectivity index (χ1) is 12.0. The van der Waals surface area contributed by atoms with E-state index in [1.807, 2.05) is 0 Å². The van der Waals surface area contributed by atoms with Crippen LogP contribution in [0.3, 0.4) is 0 Å². The molecule has 1 atom stereocenters. The molecule has 0 saturated heterocycles. The molecule has 1 aromatic heterocycles. The van der Waals surface area contributed by atoms with Gasteiger partial charge in [0.05, 0.1) is 16.3 Å². The molecule has 0 bridgehead atoms. The second-order valence-corrected chi connectivity index (χ2v) is 6.20. The number of carbonyl (C=O) groups is 1. The Kier molecular flexibility index (Phi) is 5.75. The number of alkyl halides is 3. The third-order valence-corrected chi connectivity index (χ3v) is 4.16. The topological polar surface area (TPSA) is 64.0 Å². The summed E-state index contributed by atoms with van der Waals surface area (Å²) in [6.07, 6.45) is -4.32. The van der Waals surface area contributed by atoms with E-state index in [4.69, 9.17) is 11.6 Å². The van der Waals surface area contributed by atoms with E-state index in [2.05, 4.69) is 10.3 Å². The van der Waals surface area contributed by atoms with Gasteiger partial charge in [-0.05, 0) is 44.5 Å². The lowest BCUT2D eigenvalue weighted by Gasteiger charge is -2.20. The molecule has 9 heteroatoms. The van der Waals surface area contributed by atoms with Crippen LogP contribution in [0.25, 0.3) is 0 Å². The van der Waals surface area contributed by atoms with Crippen molar-refractivity contribution in [2.45, 2.75) is 39.4 Å². The second kappa shape index (κ2) is 7.49. The van der Waals surface area contributed by atoms with Gasteiger partial charge in [-0.1, -0.05) is 18.5 Å². The summed E-state index contributed by atoms with van der Waals surface area (Å²) in [6, 6.07) is 3.37. The molecule has 0 saturated carbocycles. The van der Waals surface area contributed by atoms with Gasteiger partial charge in [0.25, 0.3) is 0 Å². The minimum Gasteiger partial charge on any atom is -0.323 e. The zero-order valence-corrected chi connectivity index (χ0v) is 15.1. The van der Waals surface area contributed by atoms with Crippen LogP contribution >= 0.6 is 11.6 Å². The van der Waals surface area contributed by atoms with E-state index in [1.165, 1.54) is 4.57 Å². The third kappa shape index (κ3) is 4.24. The van der Waals surface area contributed by atoms with Gasteiger partial charge in [0.2, 0.25) is 5.91 Å². The van der Waals surface area contributed by atoms with Crippen molar-refractivity contribution in [2.75, 3.05) is 5.32 Å². The molecular weight excluding hydrogens is 371 g/mol. The number of hydrogen-bond donors (Lipinski definition) is 1. The van der Waals surface area contributed by atoms with Crippen molar-refractivity contribution in [3.05, 3.63) is 56.7 Å². The van der Waals surface area contributed by atoms with E-state index in [0.717, 1.165) is 18.2 Å². The number of halogens is 4. The van der Waals surface area contributed by atoms with Gasteiger partial charge in [0, 0.05) is 11.4 Å². The molecule has 2 aromatic rings. The van der Waals surface area contributed by atoms with E-state index < -0.39 is 29.4 Å². The second-order valence-electron chi connectivity index (χ2n) is 5.80. The quantitative estimate of drug-likeness (QED) is 0.858. The lowest BCUT2D eigenvalue weighted by Crippen LogP contribution is -2.36. The number of carbonyl (C=O) groups excluding carboxylic acids is 1. The summed E-state index contributed by atoms with van der Waals surface area (Å²) in [5, 5.41) is 2.35. The molecule has 1 N–H and O–H groups in total. The van der Waals surface area contributed by atoms with E-state index in [1.54, 1.807) is 26.8 Å². The minimum absolute atomic E-state index is 0.0349. The van der Waals surface area contributed by atoms with Gasteiger partial charge in [0.15, 0.2) is 0 Å². The number of nitrogens with one attached hydrogen (secondary N) is 1. The molecule has 0 fully saturated rings. The van der Waals surface area contributed by atoms with E-state index >= 15 is 0 Å². The van der Waals surface area contributed by atoms with Crippen molar-refractivity contribution in [2.24, 2.45) is 0 Å². The van der Waals surface area contributed by atoms with Crippen LogP contribution in [0.1, 0.15) is 36.3 Å². The molecular formula is C17H17ClF3N3O2. The Morgan fingerprint density at radius 3 is 2.50 bits per heavy atom. The number of amides is 1. The first-order valence-corrected chi connectivity index (χ1v) is 8.16. The monoisotopic (exact) mass is 387 g/mol. The van der Waals surface area contributed by atoms with Gasteiger partial charge < -0.3 is 5.32 Å². The summed E-state index contributed by atoms with van der Waals surface area (Å²) < 4.78 is 39.8. The highest BCUT2D eigenvalue weighted by atomic mass is 35.5. The maximum Gasteiger partial charge on any atom is 0.416 e. The van der Waals surface area contributed by atoms with Gasteiger partial charge >= 0.3 is 11.9 Å².